The minimum atomic E-state index is 0.0249. The number of aryl methyl sites for hydroxylation is 1. The molecule has 0 aliphatic heterocycles. The fourth-order valence-electron chi connectivity index (χ4n) is 1.78. The summed E-state index contributed by atoms with van der Waals surface area (Å²) < 4.78 is 0. The molecular formula is C14H22N2O. The second kappa shape index (κ2) is 7.07. The summed E-state index contributed by atoms with van der Waals surface area (Å²) in [6, 6.07) is 8.28. The lowest BCUT2D eigenvalue weighted by molar-refractivity contribution is -0.124. The lowest BCUT2D eigenvalue weighted by atomic mass is 10.1. The number of hydrogen-bond acceptors (Lipinski definition) is 2. The fraction of sp³-hybridized carbons (Fsp3) is 0.500. The maximum Gasteiger partial charge on any atom is 0.224 e. The van der Waals surface area contributed by atoms with Gasteiger partial charge in [0.05, 0.1) is 0 Å². The van der Waals surface area contributed by atoms with Gasteiger partial charge in [-0.1, -0.05) is 31.2 Å². The first-order chi connectivity index (χ1) is 8.15. The summed E-state index contributed by atoms with van der Waals surface area (Å²) in [4.78, 5) is 11.7. The van der Waals surface area contributed by atoms with Crippen LogP contribution in [0.5, 0.6) is 0 Å². The molecule has 0 saturated carbocycles. The van der Waals surface area contributed by atoms with Crippen molar-refractivity contribution in [3.8, 4) is 0 Å². The maximum atomic E-state index is 11.7. The van der Waals surface area contributed by atoms with Crippen LogP contribution in [-0.2, 0) is 11.2 Å². The Labute approximate surface area is 104 Å². The van der Waals surface area contributed by atoms with Gasteiger partial charge in [0.25, 0.3) is 0 Å². The molecule has 94 valence electrons. The van der Waals surface area contributed by atoms with Gasteiger partial charge in [0.2, 0.25) is 5.91 Å². The zero-order valence-electron chi connectivity index (χ0n) is 10.9. The molecule has 3 nitrogen and oxygen atoms in total. The Morgan fingerprint density at radius 2 is 2.06 bits per heavy atom. The zero-order chi connectivity index (χ0) is 12.7. The lowest BCUT2D eigenvalue weighted by Crippen LogP contribution is -2.35. The number of benzene rings is 1. The van der Waals surface area contributed by atoms with E-state index in [1.807, 2.05) is 26.1 Å². The summed E-state index contributed by atoms with van der Waals surface area (Å²) in [6.45, 7) is 5.45. The summed E-state index contributed by atoms with van der Waals surface area (Å²) in [5, 5.41) is 5.97. The van der Waals surface area contributed by atoms with E-state index >= 15 is 0 Å². The molecule has 0 saturated heterocycles. The van der Waals surface area contributed by atoms with E-state index < -0.39 is 0 Å². The van der Waals surface area contributed by atoms with Gasteiger partial charge >= 0.3 is 0 Å². The van der Waals surface area contributed by atoms with Gasteiger partial charge < -0.3 is 10.6 Å². The van der Waals surface area contributed by atoms with Gasteiger partial charge in [-0.3, -0.25) is 4.79 Å². The van der Waals surface area contributed by atoms with E-state index in [0.29, 0.717) is 6.54 Å². The Hall–Kier alpha value is -1.35. The first kappa shape index (κ1) is 13.7. The van der Waals surface area contributed by atoms with E-state index in [1.165, 1.54) is 11.1 Å². The van der Waals surface area contributed by atoms with Crippen LogP contribution in [0.25, 0.3) is 0 Å². The number of hydrogen-bond donors (Lipinski definition) is 2. The second-order valence-electron chi connectivity index (χ2n) is 4.43. The van der Waals surface area contributed by atoms with Gasteiger partial charge in [0.15, 0.2) is 0 Å². The molecule has 0 aliphatic rings. The van der Waals surface area contributed by atoms with Gasteiger partial charge in [-0.2, -0.15) is 0 Å². The van der Waals surface area contributed by atoms with Gasteiger partial charge in [-0.05, 0) is 31.5 Å². The summed E-state index contributed by atoms with van der Waals surface area (Å²) in [5.41, 5.74) is 2.58. The minimum Gasteiger partial charge on any atom is -0.355 e. The quantitative estimate of drug-likeness (QED) is 0.783. The number of amides is 1. The Balaban J connectivity index is 2.33. The highest BCUT2D eigenvalue weighted by atomic mass is 16.1. The normalized spacial score (nSPS) is 12.2. The molecule has 0 spiro atoms. The predicted octanol–water partition coefficient (Wildman–Crippen LogP) is 1.51. The van der Waals surface area contributed by atoms with Crippen LogP contribution in [0.3, 0.4) is 0 Å². The van der Waals surface area contributed by atoms with E-state index in [1.54, 1.807) is 0 Å². The highest BCUT2D eigenvalue weighted by Crippen LogP contribution is 2.06. The number of carbonyl (C=O) groups is 1. The molecule has 1 amide bonds. The summed E-state index contributed by atoms with van der Waals surface area (Å²) in [6.07, 6.45) is 0.894. The molecule has 3 heteroatoms. The molecule has 1 aromatic carbocycles. The van der Waals surface area contributed by atoms with E-state index in [2.05, 4.69) is 29.7 Å². The first-order valence-electron chi connectivity index (χ1n) is 6.12. The number of rotatable bonds is 6. The molecular weight excluding hydrogens is 212 g/mol. The van der Waals surface area contributed by atoms with Crippen LogP contribution in [-0.4, -0.2) is 26.0 Å². The third-order valence-corrected chi connectivity index (χ3v) is 2.91. The van der Waals surface area contributed by atoms with E-state index in [0.717, 1.165) is 13.0 Å². The van der Waals surface area contributed by atoms with Crippen molar-refractivity contribution in [2.75, 3.05) is 20.1 Å². The molecule has 17 heavy (non-hydrogen) atoms. The molecule has 1 rings (SSSR count). The van der Waals surface area contributed by atoms with Crippen LogP contribution in [0.2, 0.25) is 0 Å². The maximum absolute atomic E-state index is 11.7. The number of nitrogens with one attached hydrogen (secondary N) is 2. The SMILES string of the molecule is CNCC(C)C(=O)NCCc1ccccc1C. The van der Waals surface area contributed by atoms with Crippen molar-refractivity contribution < 1.29 is 4.79 Å². The van der Waals surface area contributed by atoms with Crippen LogP contribution in [0, 0.1) is 12.8 Å². The number of carbonyl (C=O) groups excluding carboxylic acids is 1. The third-order valence-electron chi connectivity index (χ3n) is 2.91. The Morgan fingerprint density at radius 1 is 1.35 bits per heavy atom. The molecule has 1 atom stereocenters. The van der Waals surface area contributed by atoms with Crippen LogP contribution in [0.15, 0.2) is 24.3 Å². The zero-order valence-corrected chi connectivity index (χ0v) is 10.9. The fourth-order valence-corrected chi connectivity index (χ4v) is 1.78. The molecule has 0 radical (unpaired) electrons. The molecule has 2 N–H and O–H groups in total. The molecule has 0 aliphatic carbocycles. The van der Waals surface area contributed by atoms with Crippen molar-refractivity contribution in [2.24, 2.45) is 5.92 Å². The highest BCUT2D eigenvalue weighted by molar-refractivity contribution is 5.78. The lowest BCUT2D eigenvalue weighted by Gasteiger charge is -2.12. The summed E-state index contributed by atoms with van der Waals surface area (Å²) >= 11 is 0. The minimum absolute atomic E-state index is 0.0249. The average Bonchev–Trinajstić information content (AvgIpc) is 2.31. The highest BCUT2D eigenvalue weighted by Gasteiger charge is 2.10. The monoisotopic (exact) mass is 234 g/mol. The van der Waals surface area contributed by atoms with Crippen LogP contribution in [0.1, 0.15) is 18.1 Å². The van der Waals surface area contributed by atoms with E-state index in [-0.39, 0.29) is 11.8 Å². The standard InChI is InChI=1S/C14H22N2O/c1-11-6-4-5-7-13(11)8-9-16-14(17)12(2)10-15-3/h4-7,12,15H,8-10H2,1-3H3,(H,16,17). The van der Waals surface area contributed by atoms with Crippen molar-refractivity contribution in [3.05, 3.63) is 35.4 Å². The summed E-state index contributed by atoms with van der Waals surface area (Å²) in [7, 11) is 1.86. The van der Waals surface area contributed by atoms with Gasteiger partial charge in [-0.25, -0.2) is 0 Å². The van der Waals surface area contributed by atoms with Crippen molar-refractivity contribution in [2.45, 2.75) is 20.3 Å². The van der Waals surface area contributed by atoms with Crippen LogP contribution in [0.4, 0.5) is 0 Å². The van der Waals surface area contributed by atoms with Crippen molar-refractivity contribution >= 4 is 5.91 Å². The molecule has 0 bridgehead atoms. The Kier molecular flexibility index (Phi) is 5.70. The third kappa shape index (κ3) is 4.57. The van der Waals surface area contributed by atoms with Crippen LogP contribution < -0.4 is 10.6 Å². The van der Waals surface area contributed by atoms with Gasteiger partial charge in [-0.15, -0.1) is 0 Å². The van der Waals surface area contributed by atoms with Gasteiger partial charge in [0, 0.05) is 19.0 Å². The Bertz CT molecular complexity index is 363. The van der Waals surface area contributed by atoms with Crippen LogP contribution >= 0.6 is 0 Å². The average molecular weight is 234 g/mol. The molecule has 1 aromatic rings. The second-order valence-corrected chi connectivity index (χ2v) is 4.43. The first-order valence-corrected chi connectivity index (χ1v) is 6.12. The predicted molar refractivity (Wildman–Crippen MR) is 71.0 cm³/mol. The largest absolute Gasteiger partial charge is 0.355 e. The Morgan fingerprint density at radius 3 is 2.71 bits per heavy atom. The summed E-state index contributed by atoms with van der Waals surface area (Å²) in [5.74, 6) is 0.143. The van der Waals surface area contributed by atoms with Crippen molar-refractivity contribution in [1.29, 1.82) is 0 Å². The molecule has 0 heterocycles. The van der Waals surface area contributed by atoms with Crippen molar-refractivity contribution in [1.82, 2.24) is 10.6 Å². The van der Waals surface area contributed by atoms with E-state index in [9.17, 15) is 4.79 Å². The molecule has 1 unspecified atom stereocenters. The van der Waals surface area contributed by atoms with Crippen molar-refractivity contribution in [3.63, 3.8) is 0 Å². The topological polar surface area (TPSA) is 41.1 Å². The smallest absolute Gasteiger partial charge is 0.224 e. The van der Waals surface area contributed by atoms with Gasteiger partial charge in [0.1, 0.15) is 0 Å². The molecule has 0 aromatic heterocycles. The van der Waals surface area contributed by atoms with E-state index in [4.69, 9.17) is 0 Å². The molecule has 0 fully saturated rings.